The standard InChI is InChI=1S/C26H20Cl2N4O5S/c1-4-37-25(36)23-13(3)30-26(38-23)32-20(14-8-9-15(27)16(28)11-14)18(22(34)24(32)35)21(33)19-12(2)29-17-7-5-6-10-31(17)19/h5-11,20,33H,4H2,1-3H3/b21-18+. The summed E-state index contributed by atoms with van der Waals surface area (Å²) in [4.78, 5) is 49.7. The SMILES string of the molecule is CCOC(=O)c1sc(N2C(=O)C(=O)/C(=C(/O)c3c(C)nc4ccccn34)C2c2ccc(Cl)c(Cl)c2)nc1C. The molecule has 0 bridgehead atoms. The van der Waals surface area contributed by atoms with Crippen molar-refractivity contribution in [3.05, 3.63) is 85.7 Å². The number of nitrogens with zero attached hydrogens (tertiary/aromatic N) is 4. The summed E-state index contributed by atoms with van der Waals surface area (Å²) in [6.45, 7) is 5.15. The molecule has 38 heavy (non-hydrogen) atoms. The minimum atomic E-state index is -1.11. The molecule has 1 fully saturated rings. The van der Waals surface area contributed by atoms with E-state index in [0.717, 1.165) is 16.2 Å². The van der Waals surface area contributed by atoms with Crippen LogP contribution in [-0.2, 0) is 14.3 Å². The van der Waals surface area contributed by atoms with Gasteiger partial charge in [0.15, 0.2) is 10.9 Å². The topological polar surface area (TPSA) is 114 Å². The number of anilines is 1. The van der Waals surface area contributed by atoms with Crippen LogP contribution >= 0.6 is 34.5 Å². The number of aryl methyl sites for hydroxylation is 2. The molecule has 0 radical (unpaired) electrons. The van der Waals surface area contributed by atoms with E-state index in [0.29, 0.717) is 22.6 Å². The second-order valence-electron chi connectivity index (χ2n) is 8.45. The van der Waals surface area contributed by atoms with Gasteiger partial charge in [0.05, 0.1) is 39.7 Å². The van der Waals surface area contributed by atoms with Gasteiger partial charge in [-0.3, -0.25) is 18.9 Å². The predicted molar refractivity (Wildman–Crippen MR) is 144 cm³/mol. The zero-order chi connectivity index (χ0) is 27.3. The number of ketones is 1. The van der Waals surface area contributed by atoms with Gasteiger partial charge >= 0.3 is 11.9 Å². The van der Waals surface area contributed by atoms with E-state index in [2.05, 4.69) is 9.97 Å². The fourth-order valence-electron chi connectivity index (χ4n) is 4.43. The van der Waals surface area contributed by atoms with Crippen molar-refractivity contribution < 1.29 is 24.2 Å². The molecule has 9 nitrogen and oxygen atoms in total. The third-order valence-electron chi connectivity index (χ3n) is 6.08. The average Bonchev–Trinajstić information content (AvgIpc) is 3.51. The van der Waals surface area contributed by atoms with E-state index in [1.54, 1.807) is 55.6 Å². The zero-order valence-electron chi connectivity index (χ0n) is 20.4. The molecular weight excluding hydrogens is 551 g/mol. The maximum absolute atomic E-state index is 13.5. The Morgan fingerprint density at radius 1 is 1.11 bits per heavy atom. The van der Waals surface area contributed by atoms with Crippen molar-refractivity contribution in [1.82, 2.24) is 14.4 Å². The number of aliphatic hydroxyl groups excluding tert-OH is 1. The average molecular weight is 571 g/mol. The van der Waals surface area contributed by atoms with Crippen molar-refractivity contribution in [1.29, 1.82) is 0 Å². The van der Waals surface area contributed by atoms with Crippen molar-refractivity contribution in [3.8, 4) is 0 Å². The summed E-state index contributed by atoms with van der Waals surface area (Å²) < 4.78 is 6.74. The van der Waals surface area contributed by atoms with E-state index < -0.39 is 29.5 Å². The number of carbonyl (C=O) groups is 3. The second kappa shape index (κ2) is 9.86. The van der Waals surface area contributed by atoms with E-state index >= 15 is 0 Å². The monoisotopic (exact) mass is 570 g/mol. The van der Waals surface area contributed by atoms with Crippen LogP contribution in [0.4, 0.5) is 5.13 Å². The lowest BCUT2D eigenvalue weighted by Gasteiger charge is -2.23. The third-order valence-corrected chi connectivity index (χ3v) is 7.96. The van der Waals surface area contributed by atoms with Crippen LogP contribution in [0, 0.1) is 13.8 Å². The predicted octanol–water partition coefficient (Wildman–Crippen LogP) is 5.52. The Kier molecular flexibility index (Phi) is 6.72. The first-order valence-corrected chi connectivity index (χ1v) is 13.1. The second-order valence-corrected chi connectivity index (χ2v) is 10.2. The number of halogens is 2. The van der Waals surface area contributed by atoms with Crippen LogP contribution in [0.15, 0.2) is 48.2 Å². The summed E-state index contributed by atoms with van der Waals surface area (Å²) in [5, 5.41) is 12.2. The van der Waals surface area contributed by atoms with Gasteiger partial charge in [0.1, 0.15) is 16.2 Å². The number of Topliss-reactive ketones (excluding diaryl/α,β-unsaturated/α-hetero) is 1. The number of imidazole rings is 1. The number of rotatable bonds is 5. The van der Waals surface area contributed by atoms with Gasteiger partial charge in [-0.1, -0.05) is 46.7 Å². The minimum absolute atomic E-state index is 0.0950. The molecule has 1 unspecified atom stereocenters. The lowest BCUT2D eigenvalue weighted by Crippen LogP contribution is -2.29. The molecule has 1 atom stereocenters. The van der Waals surface area contributed by atoms with Crippen LogP contribution < -0.4 is 4.90 Å². The van der Waals surface area contributed by atoms with Gasteiger partial charge in [0, 0.05) is 6.20 Å². The van der Waals surface area contributed by atoms with E-state index in [-0.39, 0.29) is 37.9 Å². The van der Waals surface area contributed by atoms with Gasteiger partial charge in [-0.2, -0.15) is 0 Å². The minimum Gasteiger partial charge on any atom is -0.505 e. The molecule has 1 aliphatic rings. The van der Waals surface area contributed by atoms with E-state index in [1.165, 1.54) is 12.1 Å². The third kappa shape index (κ3) is 4.14. The molecular formula is C26H20Cl2N4O5S. The number of benzene rings is 1. The quantitative estimate of drug-likeness (QED) is 0.145. The van der Waals surface area contributed by atoms with E-state index in [4.69, 9.17) is 27.9 Å². The maximum atomic E-state index is 13.5. The molecule has 1 aliphatic heterocycles. The van der Waals surface area contributed by atoms with Gasteiger partial charge in [-0.15, -0.1) is 0 Å². The first kappa shape index (κ1) is 25.9. The van der Waals surface area contributed by atoms with Gasteiger partial charge in [-0.05, 0) is 50.6 Å². The smallest absolute Gasteiger partial charge is 0.350 e. The highest BCUT2D eigenvalue weighted by atomic mass is 35.5. The molecule has 3 aromatic heterocycles. The van der Waals surface area contributed by atoms with Gasteiger partial charge in [0.2, 0.25) is 0 Å². The summed E-state index contributed by atoms with van der Waals surface area (Å²) in [5.74, 6) is -2.83. The summed E-state index contributed by atoms with van der Waals surface area (Å²) in [5.41, 5.74) is 1.87. The van der Waals surface area contributed by atoms with Crippen LogP contribution in [0.25, 0.3) is 11.4 Å². The number of aromatic nitrogens is 3. The number of thiazole rings is 1. The van der Waals surface area contributed by atoms with Gasteiger partial charge in [-0.25, -0.2) is 14.8 Å². The fraction of sp³-hybridized carbons (Fsp3) is 0.192. The van der Waals surface area contributed by atoms with Gasteiger partial charge in [0.25, 0.3) is 5.78 Å². The highest BCUT2D eigenvalue weighted by molar-refractivity contribution is 7.17. The summed E-state index contributed by atoms with van der Waals surface area (Å²) in [6.07, 6.45) is 1.70. The molecule has 0 aliphatic carbocycles. The summed E-state index contributed by atoms with van der Waals surface area (Å²) >= 11 is 13.4. The van der Waals surface area contributed by atoms with Crippen LogP contribution in [0.2, 0.25) is 10.0 Å². The fourth-order valence-corrected chi connectivity index (χ4v) is 5.72. The maximum Gasteiger partial charge on any atom is 0.350 e. The highest BCUT2D eigenvalue weighted by Crippen LogP contribution is 2.45. The molecule has 12 heteroatoms. The molecule has 4 heterocycles. The molecule has 0 saturated carbocycles. The van der Waals surface area contributed by atoms with E-state index in [9.17, 15) is 19.5 Å². The Bertz CT molecular complexity index is 1680. The number of ether oxygens (including phenoxy) is 1. The van der Waals surface area contributed by atoms with Crippen molar-refractivity contribution in [2.75, 3.05) is 11.5 Å². The molecule has 0 spiro atoms. The Hall–Kier alpha value is -3.73. The molecule has 4 aromatic rings. The largest absolute Gasteiger partial charge is 0.505 e. The number of aliphatic hydroxyl groups is 1. The summed E-state index contributed by atoms with van der Waals surface area (Å²) in [7, 11) is 0. The van der Waals surface area contributed by atoms with Crippen molar-refractivity contribution in [2.24, 2.45) is 0 Å². The lowest BCUT2D eigenvalue weighted by molar-refractivity contribution is -0.132. The van der Waals surface area contributed by atoms with Crippen molar-refractivity contribution >= 4 is 68.7 Å². The Morgan fingerprint density at radius 3 is 2.58 bits per heavy atom. The summed E-state index contributed by atoms with van der Waals surface area (Å²) in [6, 6.07) is 8.87. The normalized spacial score (nSPS) is 17.0. The molecule has 5 rings (SSSR count). The zero-order valence-corrected chi connectivity index (χ0v) is 22.7. The number of hydrogen-bond acceptors (Lipinski definition) is 8. The van der Waals surface area contributed by atoms with Crippen LogP contribution in [0.1, 0.15) is 45.3 Å². The van der Waals surface area contributed by atoms with Crippen LogP contribution in [0.5, 0.6) is 0 Å². The number of carbonyl (C=O) groups excluding carboxylic acids is 3. The number of fused-ring (bicyclic) bond motifs is 1. The number of hydrogen-bond donors (Lipinski definition) is 1. The first-order valence-electron chi connectivity index (χ1n) is 11.5. The Balaban J connectivity index is 1.76. The molecule has 1 saturated heterocycles. The van der Waals surface area contributed by atoms with Crippen LogP contribution in [0.3, 0.4) is 0 Å². The van der Waals surface area contributed by atoms with E-state index in [1.807, 2.05) is 0 Å². The van der Waals surface area contributed by atoms with Gasteiger partial charge < -0.3 is 9.84 Å². The number of pyridine rings is 1. The van der Waals surface area contributed by atoms with Crippen molar-refractivity contribution in [3.63, 3.8) is 0 Å². The molecule has 194 valence electrons. The Morgan fingerprint density at radius 2 is 1.87 bits per heavy atom. The molecule has 1 amide bonds. The molecule has 1 aromatic carbocycles. The lowest BCUT2D eigenvalue weighted by atomic mass is 9.96. The number of esters is 1. The number of amides is 1. The van der Waals surface area contributed by atoms with Crippen LogP contribution in [-0.4, -0.2) is 43.7 Å². The highest BCUT2D eigenvalue weighted by Gasteiger charge is 2.49. The Labute approximate surface area is 230 Å². The molecule has 1 N–H and O–H groups in total. The van der Waals surface area contributed by atoms with Crippen molar-refractivity contribution in [2.45, 2.75) is 26.8 Å². The first-order chi connectivity index (χ1) is 18.1.